The zero-order chi connectivity index (χ0) is 14.1. The third kappa shape index (κ3) is 2.94. The summed E-state index contributed by atoms with van der Waals surface area (Å²) in [7, 11) is 0. The van der Waals surface area contributed by atoms with Crippen molar-refractivity contribution in [3.8, 4) is 0 Å². The molecule has 4 nitrogen and oxygen atoms in total. The van der Waals surface area contributed by atoms with Crippen LogP contribution in [-0.4, -0.2) is 41.1 Å². The number of alkyl halides is 3. The van der Waals surface area contributed by atoms with Gasteiger partial charge in [-0.15, -0.1) is 0 Å². The Labute approximate surface area is 103 Å². The second kappa shape index (κ2) is 4.78. The monoisotopic (exact) mass is 267 g/mol. The van der Waals surface area contributed by atoms with Crippen molar-refractivity contribution >= 4 is 11.9 Å². The number of rotatable bonds is 2. The lowest BCUT2D eigenvalue weighted by molar-refractivity contribution is -0.188. The molecule has 1 heterocycles. The molecule has 0 bridgehead atoms. The van der Waals surface area contributed by atoms with Gasteiger partial charge in [0, 0.05) is 13.1 Å². The summed E-state index contributed by atoms with van der Waals surface area (Å²) in [5.41, 5.74) is -1.13. The molecule has 0 saturated carbocycles. The first-order valence-electron chi connectivity index (χ1n) is 5.66. The Hall–Kier alpha value is -1.27. The van der Waals surface area contributed by atoms with E-state index in [0.29, 0.717) is 17.7 Å². The molecule has 1 saturated heterocycles. The normalized spacial score (nSPS) is 21.8. The van der Waals surface area contributed by atoms with Gasteiger partial charge in [-0.05, 0) is 32.6 Å². The van der Waals surface area contributed by atoms with Gasteiger partial charge >= 0.3 is 18.1 Å². The lowest BCUT2D eigenvalue weighted by Crippen LogP contribution is -2.50. The smallest absolute Gasteiger partial charge is 0.471 e. The van der Waals surface area contributed by atoms with Crippen LogP contribution in [0.1, 0.15) is 26.7 Å². The van der Waals surface area contributed by atoms with Crippen LogP contribution < -0.4 is 0 Å². The van der Waals surface area contributed by atoms with Crippen molar-refractivity contribution in [1.82, 2.24) is 4.90 Å². The molecule has 1 N–H and O–H groups in total. The predicted molar refractivity (Wildman–Crippen MR) is 56.8 cm³/mol. The van der Waals surface area contributed by atoms with Crippen LogP contribution in [0, 0.1) is 11.3 Å². The van der Waals surface area contributed by atoms with Crippen molar-refractivity contribution in [2.75, 3.05) is 13.1 Å². The van der Waals surface area contributed by atoms with Crippen LogP contribution in [0.25, 0.3) is 0 Å². The molecule has 1 aliphatic heterocycles. The van der Waals surface area contributed by atoms with E-state index in [-0.39, 0.29) is 13.1 Å². The van der Waals surface area contributed by atoms with Gasteiger partial charge in [-0.25, -0.2) is 0 Å². The molecular weight excluding hydrogens is 251 g/mol. The molecule has 1 unspecified atom stereocenters. The number of carboxylic acids is 1. The number of carboxylic acid groups (broad SMARTS) is 1. The minimum atomic E-state index is -4.89. The van der Waals surface area contributed by atoms with E-state index in [1.807, 2.05) is 0 Å². The molecule has 0 aromatic carbocycles. The van der Waals surface area contributed by atoms with Gasteiger partial charge in [0.25, 0.3) is 0 Å². The van der Waals surface area contributed by atoms with E-state index in [2.05, 4.69) is 0 Å². The number of amides is 1. The Balaban J connectivity index is 2.79. The van der Waals surface area contributed by atoms with Crippen LogP contribution in [-0.2, 0) is 9.59 Å². The van der Waals surface area contributed by atoms with Gasteiger partial charge in [0.05, 0.1) is 5.41 Å². The molecule has 1 atom stereocenters. The molecule has 0 spiro atoms. The van der Waals surface area contributed by atoms with Gasteiger partial charge in [-0.3, -0.25) is 9.59 Å². The Morgan fingerprint density at radius 2 is 1.83 bits per heavy atom. The molecule has 0 aromatic rings. The van der Waals surface area contributed by atoms with E-state index < -0.39 is 29.4 Å². The molecule has 0 radical (unpaired) electrons. The van der Waals surface area contributed by atoms with E-state index in [1.165, 1.54) is 13.8 Å². The quantitative estimate of drug-likeness (QED) is 0.831. The van der Waals surface area contributed by atoms with Crippen molar-refractivity contribution in [2.24, 2.45) is 11.3 Å². The van der Waals surface area contributed by atoms with Crippen LogP contribution in [0.15, 0.2) is 0 Å². The Bertz CT molecular complexity index is 352. The van der Waals surface area contributed by atoms with Crippen molar-refractivity contribution in [3.05, 3.63) is 0 Å². The fourth-order valence-electron chi connectivity index (χ4n) is 2.10. The number of aliphatic carboxylic acids is 1. The lowest BCUT2D eigenvalue weighted by Gasteiger charge is -2.39. The van der Waals surface area contributed by atoms with Gasteiger partial charge in [0.1, 0.15) is 0 Å². The zero-order valence-corrected chi connectivity index (χ0v) is 10.3. The maximum Gasteiger partial charge on any atom is 0.471 e. The van der Waals surface area contributed by atoms with Gasteiger partial charge in [-0.1, -0.05) is 0 Å². The second-order valence-corrected chi connectivity index (χ2v) is 5.11. The standard InChI is InChI=1S/C11H16F3NO3/c1-10(2,9(17)18)7-4-3-5-15(6-7)8(16)11(12,13)14/h7H,3-6H2,1-2H3,(H,17,18). The van der Waals surface area contributed by atoms with Crippen LogP contribution in [0.2, 0.25) is 0 Å². The van der Waals surface area contributed by atoms with E-state index in [4.69, 9.17) is 5.11 Å². The van der Waals surface area contributed by atoms with E-state index >= 15 is 0 Å². The highest BCUT2D eigenvalue weighted by Gasteiger charge is 2.46. The number of hydrogen-bond acceptors (Lipinski definition) is 2. The van der Waals surface area contributed by atoms with Gasteiger partial charge in [-0.2, -0.15) is 13.2 Å². The molecule has 7 heteroatoms. The maximum absolute atomic E-state index is 12.3. The molecule has 104 valence electrons. The summed E-state index contributed by atoms with van der Waals surface area (Å²) < 4.78 is 36.9. The summed E-state index contributed by atoms with van der Waals surface area (Å²) in [6.45, 7) is 2.82. The highest BCUT2D eigenvalue weighted by atomic mass is 19.4. The number of piperidine rings is 1. The number of likely N-dealkylation sites (tertiary alicyclic amines) is 1. The molecular formula is C11H16F3NO3. The molecule has 0 aliphatic carbocycles. The van der Waals surface area contributed by atoms with Crippen molar-refractivity contribution in [1.29, 1.82) is 0 Å². The first kappa shape index (κ1) is 14.8. The molecule has 1 rings (SSSR count). The third-order valence-electron chi connectivity index (χ3n) is 3.52. The molecule has 18 heavy (non-hydrogen) atoms. The van der Waals surface area contributed by atoms with E-state index in [1.54, 1.807) is 0 Å². The summed E-state index contributed by atoms with van der Waals surface area (Å²) in [6, 6.07) is 0. The van der Waals surface area contributed by atoms with E-state index in [0.717, 1.165) is 0 Å². The Morgan fingerprint density at radius 1 is 1.28 bits per heavy atom. The Kier molecular flexibility index (Phi) is 3.92. The fraction of sp³-hybridized carbons (Fsp3) is 0.818. The third-order valence-corrected chi connectivity index (χ3v) is 3.52. The number of carbonyl (C=O) groups is 2. The van der Waals surface area contributed by atoms with Gasteiger partial charge in [0.2, 0.25) is 0 Å². The number of halogens is 3. The van der Waals surface area contributed by atoms with Crippen molar-refractivity contribution < 1.29 is 27.9 Å². The average molecular weight is 267 g/mol. The average Bonchev–Trinajstić information content (AvgIpc) is 2.26. The van der Waals surface area contributed by atoms with Gasteiger partial charge in [0.15, 0.2) is 0 Å². The van der Waals surface area contributed by atoms with Crippen molar-refractivity contribution in [2.45, 2.75) is 32.9 Å². The molecule has 1 fully saturated rings. The summed E-state index contributed by atoms with van der Waals surface area (Å²) >= 11 is 0. The molecule has 1 amide bonds. The first-order chi connectivity index (χ1) is 8.06. The maximum atomic E-state index is 12.3. The summed E-state index contributed by atoms with van der Waals surface area (Å²) in [5, 5.41) is 9.05. The largest absolute Gasteiger partial charge is 0.481 e. The second-order valence-electron chi connectivity index (χ2n) is 5.11. The van der Waals surface area contributed by atoms with Gasteiger partial charge < -0.3 is 10.0 Å². The van der Waals surface area contributed by atoms with Crippen LogP contribution in [0.3, 0.4) is 0 Å². The van der Waals surface area contributed by atoms with Crippen LogP contribution in [0.5, 0.6) is 0 Å². The Morgan fingerprint density at radius 3 is 2.28 bits per heavy atom. The van der Waals surface area contributed by atoms with Crippen LogP contribution >= 0.6 is 0 Å². The minimum absolute atomic E-state index is 0.0323. The highest BCUT2D eigenvalue weighted by Crippen LogP contribution is 2.35. The van der Waals surface area contributed by atoms with Crippen LogP contribution in [0.4, 0.5) is 13.2 Å². The fourth-order valence-corrected chi connectivity index (χ4v) is 2.10. The number of carbonyl (C=O) groups excluding carboxylic acids is 1. The zero-order valence-electron chi connectivity index (χ0n) is 10.3. The van der Waals surface area contributed by atoms with Crippen molar-refractivity contribution in [3.63, 3.8) is 0 Å². The summed E-state index contributed by atoms with van der Waals surface area (Å²) in [5.74, 6) is -3.41. The predicted octanol–water partition coefficient (Wildman–Crippen LogP) is 1.90. The molecule has 1 aliphatic rings. The highest BCUT2D eigenvalue weighted by molar-refractivity contribution is 5.82. The number of nitrogens with zero attached hydrogens (tertiary/aromatic N) is 1. The summed E-state index contributed by atoms with van der Waals surface area (Å²) in [6.07, 6.45) is -3.99. The minimum Gasteiger partial charge on any atom is -0.481 e. The first-order valence-corrected chi connectivity index (χ1v) is 5.66. The SMILES string of the molecule is CC(C)(C(=O)O)C1CCCN(C(=O)C(F)(F)F)C1. The topological polar surface area (TPSA) is 57.6 Å². The van der Waals surface area contributed by atoms with E-state index in [9.17, 15) is 22.8 Å². The lowest BCUT2D eigenvalue weighted by atomic mass is 9.74. The number of hydrogen-bond donors (Lipinski definition) is 1. The molecule has 0 aromatic heterocycles. The summed E-state index contributed by atoms with van der Waals surface area (Å²) in [4.78, 5) is 22.9.